The molecule has 3 nitrogen and oxygen atoms in total. The van der Waals surface area contributed by atoms with Crippen LogP contribution in [-0.4, -0.2) is 29.1 Å². The highest BCUT2D eigenvalue weighted by Gasteiger charge is 2.08. The van der Waals surface area contributed by atoms with Crippen molar-refractivity contribution in [3.05, 3.63) is 47.8 Å². The molecule has 0 unspecified atom stereocenters. The summed E-state index contributed by atoms with van der Waals surface area (Å²) in [5, 5.41) is 8.70. The lowest BCUT2D eigenvalue weighted by molar-refractivity contribution is -0.137. The standard InChI is InChI=1S/C14H18FNO2/c1-11(2)9-16(8-7-14(17)18)10-12-3-5-13(15)6-4-12/h3-6H,1,7-10H2,2H3,(H,17,18). The zero-order chi connectivity index (χ0) is 13.5. The Bertz CT molecular complexity index is 414. The SMILES string of the molecule is C=C(C)CN(CCC(=O)O)Cc1ccc(F)cc1. The predicted molar refractivity (Wildman–Crippen MR) is 68.7 cm³/mol. The van der Waals surface area contributed by atoms with Gasteiger partial charge in [-0.15, -0.1) is 0 Å². The third-order valence-electron chi connectivity index (χ3n) is 2.45. The van der Waals surface area contributed by atoms with Crippen molar-refractivity contribution in [2.24, 2.45) is 0 Å². The molecule has 4 heteroatoms. The number of carbonyl (C=O) groups is 1. The topological polar surface area (TPSA) is 40.5 Å². The van der Waals surface area contributed by atoms with E-state index in [9.17, 15) is 9.18 Å². The van der Waals surface area contributed by atoms with Crippen LogP contribution in [0.4, 0.5) is 4.39 Å². The maximum atomic E-state index is 12.8. The summed E-state index contributed by atoms with van der Waals surface area (Å²) in [4.78, 5) is 12.6. The second-order valence-corrected chi connectivity index (χ2v) is 4.44. The van der Waals surface area contributed by atoms with E-state index >= 15 is 0 Å². The van der Waals surface area contributed by atoms with Gasteiger partial charge >= 0.3 is 5.97 Å². The first-order valence-corrected chi connectivity index (χ1v) is 5.80. The van der Waals surface area contributed by atoms with E-state index < -0.39 is 5.97 Å². The molecule has 0 saturated carbocycles. The largest absolute Gasteiger partial charge is 0.481 e. The Hall–Kier alpha value is -1.68. The normalized spacial score (nSPS) is 10.6. The summed E-state index contributed by atoms with van der Waals surface area (Å²) in [5.74, 6) is -1.09. The van der Waals surface area contributed by atoms with Crippen molar-refractivity contribution in [1.29, 1.82) is 0 Å². The van der Waals surface area contributed by atoms with Crippen LogP contribution in [0, 0.1) is 5.82 Å². The van der Waals surface area contributed by atoms with Crippen LogP contribution in [-0.2, 0) is 11.3 Å². The summed E-state index contributed by atoms with van der Waals surface area (Å²) in [6.45, 7) is 7.43. The predicted octanol–water partition coefficient (Wildman–Crippen LogP) is 2.68. The smallest absolute Gasteiger partial charge is 0.304 e. The van der Waals surface area contributed by atoms with Crippen LogP contribution in [0.5, 0.6) is 0 Å². The molecule has 0 aromatic heterocycles. The number of hydrogen-bond acceptors (Lipinski definition) is 2. The Balaban J connectivity index is 2.61. The fraction of sp³-hybridized carbons (Fsp3) is 0.357. The van der Waals surface area contributed by atoms with E-state index in [1.807, 2.05) is 11.8 Å². The molecular weight excluding hydrogens is 233 g/mol. The summed E-state index contributed by atoms with van der Waals surface area (Å²) in [6, 6.07) is 6.24. The Morgan fingerprint density at radius 1 is 1.39 bits per heavy atom. The molecule has 0 bridgehead atoms. The highest BCUT2D eigenvalue weighted by Crippen LogP contribution is 2.08. The van der Waals surface area contributed by atoms with Crippen molar-refractivity contribution < 1.29 is 14.3 Å². The van der Waals surface area contributed by atoms with Crippen LogP contribution in [0.1, 0.15) is 18.9 Å². The van der Waals surface area contributed by atoms with Gasteiger partial charge in [-0.1, -0.05) is 24.3 Å². The fourth-order valence-corrected chi connectivity index (χ4v) is 1.70. The number of rotatable bonds is 7. The summed E-state index contributed by atoms with van der Waals surface area (Å²) in [5.41, 5.74) is 1.94. The Kier molecular flexibility index (Phi) is 5.52. The summed E-state index contributed by atoms with van der Waals surface area (Å²) >= 11 is 0. The summed E-state index contributed by atoms with van der Waals surface area (Å²) < 4.78 is 12.8. The number of carboxylic acids is 1. The zero-order valence-corrected chi connectivity index (χ0v) is 10.5. The van der Waals surface area contributed by atoms with Crippen LogP contribution in [0.2, 0.25) is 0 Å². The van der Waals surface area contributed by atoms with Crippen LogP contribution in [0.15, 0.2) is 36.4 Å². The molecule has 0 aliphatic rings. The minimum Gasteiger partial charge on any atom is -0.481 e. The lowest BCUT2D eigenvalue weighted by Crippen LogP contribution is -2.27. The van der Waals surface area contributed by atoms with Gasteiger partial charge in [0.15, 0.2) is 0 Å². The van der Waals surface area contributed by atoms with Gasteiger partial charge in [0, 0.05) is 19.6 Å². The van der Waals surface area contributed by atoms with Crippen LogP contribution in [0.3, 0.4) is 0 Å². The molecule has 0 fully saturated rings. The molecule has 0 aliphatic carbocycles. The first-order chi connectivity index (χ1) is 8.47. The molecule has 0 heterocycles. The summed E-state index contributed by atoms with van der Waals surface area (Å²) in [7, 11) is 0. The zero-order valence-electron chi connectivity index (χ0n) is 10.5. The van der Waals surface area contributed by atoms with Gasteiger partial charge in [0.25, 0.3) is 0 Å². The molecule has 1 aromatic carbocycles. The molecule has 0 aliphatic heterocycles. The molecule has 0 radical (unpaired) electrons. The minimum atomic E-state index is -0.819. The van der Waals surface area contributed by atoms with E-state index in [1.54, 1.807) is 12.1 Å². The first-order valence-electron chi connectivity index (χ1n) is 5.80. The Morgan fingerprint density at radius 3 is 2.50 bits per heavy atom. The van der Waals surface area contributed by atoms with Gasteiger partial charge in [0.2, 0.25) is 0 Å². The number of carboxylic acid groups (broad SMARTS) is 1. The van der Waals surface area contributed by atoms with E-state index in [1.165, 1.54) is 12.1 Å². The number of halogens is 1. The number of hydrogen-bond donors (Lipinski definition) is 1. The molecule has 0 amide bonds. The van der Waals surface area contributed by atoms with Crippen molar-refractivity contribution in [3.8, 4) is 0 Å². The van der Waals surface area contributed by atoms with Crippen molar-refractivity contribution in [2.75, 3.05) is 13.1 Å². The monoisotopic (exact) mass is 251 g/mol. The average molecular weight is 251 g/mol. The van der Waals surface area contributed by atoms with Crippen LogP contribution < -0.4 is 0 Å². The van der Waals surface area contributed by atoms with Gasteiger partial charge in [0.05, 0.1) is 6.42 Å². The van der Waals surface area contributed by atoms with Crippen LogP contribution >= 0.6 is 0 Å². The number of benzene rings is 1. The van der Waals surface area contributed by atoms with Crippen molar-refractivity contribution in [3.63, 3.8) is 0 Å². The third-order valence-corrected chi connectivity index (χ3v) is 2.45. The van der Waals surface area contributed by atoms with Gasteiger partial charge in [-0.25, -0.2) is 4.39 Å². The van der Waals surface area contributed by atoms with Gasteiger partial charge in [0.1, 0.15) is 5.82 Å². The number of aliphatic carboxylic acids is 1. The lowest BCUT2D eigenvalue weighted by atomic mass is 10.2. The van der Waals surface area contributed by atoms with Crippen molar-refractivity contribution >= 4 is 5.97 Å². The van der Waals surface area contributed by atoms with Crippen molar-refractivity contribution in [2.45, 2.75) is 19.9 Å². The summed E-state index contributed by atoms with van der Waals surface area (Å²) in [6.07, 6.45) is 0.0917. The molecule has 0 atom stereocenters. The highest BCUT2D eigenvalue weighted by atomic mass is 19.1. The molecule has 1 N–H and O–H groups in total. The second kappa shape index (κ2) is 6.91. The number of nitrogens with zero attached hydrogens (tertiary/aromatic N) is 1. The fourth-order valence-electron chi connectivity index (χ4n) is 1.70. The lowest BCUT2D eigenvalue weighted by Gasteiger charge is -2.21. The molecule has 0 spiro atoms. The van der Waals surface area contributed by atoms with E-state index in [4.69, 9.17) is 5.11 Å². The van der Waals surface area contributed by atoms with Gasteiger partial charge in [-0.2, -0.15) is 0 Å². The van der Waals surface area contributed by atoms with E-state index in [2.05, 4.69) is 6.58 Å². The van der Waals surface area contributed by atoms with E-state index in [0.717, 1.165) is 11.1 Å². The van der Waals surface area contributed by atoms with Gasteiger partial charge in [-0.05, 0) is 24.6 Å². The quantitative estimate of drug-likeness (QED) is 0.757. The van der Waals surface area contributed by atoms with Crippen LogP contribution in [0.25, 0.3) is 0 Å². The van der Waals surface area contributed by atoms with Gasteiger partial charge < -0.3 is 5.11 Å². The molecule has 18 heavy (non-hydrogen) atoms. The maximum absolute atomic E-state index is 12.8. The molecule has 0 saturated heterocycles. The average Bonchev–Trinajstić information content (AvgIpc) is 2.28. The molecule has 1 aromatic rings. The maximum Gasteiger partial charge on any atom is 0.304 e. The van der Waals surface area contributed by atoms with E-state index in [-0.39, 0.29) is 12.2 Å². The molecular formula is C14H18FNO2. The third kappa shape index (κ3) is 5.59. The first kappa shape index (κ1) is 14.4. The Morgan fingerprint density at radius 2 is 2.00 bits per heavy atom. The Labute approximate surface area is 107 Å². The molecule has 98 valence electrons. The van der Waals surface area contributed by atoms with Gasteiger partial charge in [-0.3, -0.25) is 9.69 Å². The molecule has 1 rings (SSSR count). The van der Waals surface area contributed by atoms with E-state index in [0.29, 0.717) is 19.6 Å². The highest BCUT2D eigenvalue weighted by molar-refractivity contribution is 5.66. The second-order valence-electron chi connectivity index (χ2n) is 4.44. The van der Waals surface area contributed by atoms with Crippen molar-refractivity contribution in [1.82, 2.24) is 4.90 Å². The minimum absolute atomic E-state index is 0.0917.